The van der Waals surface area contributed by atoms with E-state index in [0.717, 1.165) is 97.2 Å². The standard InChI is InChI=1S/C29H33N5O2.C2H6/c1-20-19-22(5-8-26(20)36-24-10-17-35-18-11-24)25-9-12-30-29-27(25)31-28(32-29)21-3-6-23(7-4-21)34-15-13-33(2)14-16-34;1-2/h3-9,12,19,24H,10-11,13-18H2,1-2H3,(H,30,31,32);1-2H3. The van der Waals surface area contributed by atoms with Crippen molar-refractivity contribution in [2.45, 2.75) is 39.7 Å². The van der Waals surface area contributed by atoms with Crippen molar-refractivity contribution in [1.29, 1.82) is 0 Å². The molecule has 0 radical (unpaired) electrons. The number of hydrogen-bond acceptors (Lipinski definition) is 6. The zero-order chi connectivity index (χ0) is 26.5. The second-order valence-electron chi connectivity index (χ2n) is 9.89. The van der Waals surface area contributed by atoms with Crippen LogP contribution in [0.15, 0.2) is 54.7 Å². The third kappa shape index (κ3) is 5.69. The Morgan fingerprint density at radius 2 is 1.63 bits per heavy atom. The summed E-state index contributed by atoms with van der Waals surface area (Å²) in [5, 5.41) is 0. The van der Waals surface area contributed by atoms with Gasteiger partial charge in [0, 0.05) is 62.0 Å². The first-order valence-corrected chi connectivity index (χ1v) is 13.9. The average Bonchev–Trinajstić information content (AvgIpc) is 3.41. The molecule has 38 heavy (non-hydrogen) atoms. The Labute approximate surface area is 225 Å². The van der Waals surface area contributed by atoms with Crippen LogP contribution >= 0.6 is 0 Å². The number of nitrogens with one attached hydrogen (secondary N) is 1. The number of anilines is 1. The van der Waals surface area contributed by atoms with Gasteiger partial charge < -0.3 is 24.3 Å². The highest BCUT2D eigenvalue weighted by Gasteiger charge is 2.18. The fourth-order valence-corrected chi connectivity index (χ4v) is 5.11. The van der Waals surface area contributed by atoms with Crippen LogP contribution in [0.3, 0.4) is 0 Å². The molecule has 0 saturated carbocycles. The Hall–Kier alpha value is -3.42. The van der Waals surface area contributed by atoms with Gasteiger partial charge in [-0.15, -0.1) is 0 Å². The van der Waals surface area contributed by atoms with E-state index in [2.05, 4.69) is 82.3 Å². The number of imidazole rings is 1. The molecule has 7 heteroatoms. The normalized spacial score (nSPS) is 16.8. The quantitative estimate of drug-likeness (QED) is 0.356. The summed E-state index contributed by atoms with van der Waals surface area (Å²) in [4.78, 5) is 17.7. The molecule has 0 bridgehead atoms. The van der Waals surface area contributed by atoms with Crippen LogP contribution in [0.5, 0.6) is 5.75 Å². The van der Waals surface area contributed by atoms with Crippen LogP contribution in [0, 0.1) is 6.92 Å². The van der Waals surface area contributed by atoms with Crippen LogP contribution in [0.25, 0.3) is 33.7 Å². The summed E-state index contributed by atoms with van der Waals surface area (Å²) < 4.78 is 11.7. The van der Waals surface area contributed by atoms with E-state index < -0.39 is 0 Å². The minimum atomic E-state index is 0.230. The number of pyridine rings is 1. The maximum Gasteiger partial charge on any atom is 0.178 e. The van der Waals surface area contributed by atoms with Gasteiger partial charge in [-0.05, 0) is 67.6 Å². The highest BCUT2D eigenvalue weighted by Crippen LogP contribution is 2.32. The Morgan fingerprint density at radius 3 is 2.34 bits per heavy atom. The molecule has 0 atom stereocenters. The maximum absolute atomic E-state index is 6.27. The van der Waals surface area contributed by atoms with E-state index in [1.807, 2.05) is 20.0 Å². The number of nitrogens with zero attached hydrogens (tertiary/aromatic N) is 4. The minimum Gasteiger partial charge on any atom is -0.490 e. The number of fused-ring (bicyclic) bond motifs is 1. The van der Waals surface area contributed by atoms with E-state index in [9.17, 15) is 0 Å². The van der Waals surface area contributed by atoms with E-state index >= 15 is 0 Å². The topological polar surface area (TPSA) is 66.5 Å². The summed E-state index contributed by atoms with van der Waals surface area (Å²) in [5.41, 5.74) is 7.35. The predicted molar refractivity (Wildman–Crippen MR) is 155 cm³/mol. The first-order chi connectivity index (χ1) is 18.6. The molecule has 0 aliphatic carbocycles. The minimum absolute atomic E-state index is 0.230. The number of rotatable bonds is 5. The van der Waals surface area contributed by atoms with Gasteiger partial charge in [0.15, 0.2) is 5.65 Å². The van der Waals surface area contributed by atoms with Crippen molar-refractivity contribution in [3.05, 3.63) is 60.3 Å². The number of ether oxygens (including phenoxy) is 2. The lowest BCUT2D eigenvalue weighted by Gasteiger charge is -2.34. The van der Waals surface area contributed by atoms with Crippen LogP contribution in [-0.2, 0) is 4.74 Å². The van der Waals surface area contributed by atoms with E-state index in [1.165, 1.54) is 5.69 Å². The van der Waals surface area contributed by atoms with Crippen LogP contribution in [0.2, 0.25) is 0 Å². The van der Waals surface area contributed by atoms with Gasteiger partial charge >= 0.3 is 0 Å². The molecule has 2 fully saturated rings. The van der Waals surface area contributed by atoms with Gasteiger partial charge in [-0.2, -0.15) is 0 Å². The lowest BCUT2D eigenvalue weighted by molar-refractivity contribution is 0.0253. The van der Waals surface area contributed by atoms with Crippen molar-refractivity contribution in [2.24, 2.45) is 0 Å². The number of likely N-dealkylation sites (N-methyl/N-ethyl adjacent to an activating group) is 1. The summed E-state index contributed by atoms with van der Waals surface area (Å²) >= 11 is 0. The molecule has 7 nitrogen and oxygen atoms in total. The van der Waals surface area contributed by atoms with E-state index in [4.69, 9.17) is 14.5 Å². The van der Waals surface area contributed by atoms with Gasteiger partial charge in [0.1, 0.15) is 17.7 Å². The molecule has 0 spiro atoms. The monoisotopic (exact) mass is 513 g/mol. The molecule has 2 aliphatic rings. The van der Waals surface area contributed by atoms with Gasteiger partial charge in [0.05, 0.1) is 18.7 Å². The van der Waals surface area contributed by atoms with Gasteiger partial charge in [-0.3, -0.25) is 0 Å². The zero-order valence-electron chi connectivity index (χ0n) is 23.0. The van der Waals surface area contributed by atoms with Crippen molar-refractivity contribution in [2.75, 3.05) is 51.3 Å². The summed E-state index contributed by atoms with van der Waals surface area (Å²) in [6.07, 6.45) is 3.95. The number of aromatic amines is 1. The summed E-state index contributed by atoms with van der Waals surface area (Å²) in [5.74, 6) is 1.78. The van der Waals surface area contributed by atoms with E-state index in [-0.39, 0.29) is 6.10 Å². The van der Waals surface area contributed by atoms with E-state index in [1.54, 1.807) is 0 Å². The zero-order valence-corrected chi connectivity index (χ0v) is 23.0. The lowest BCUT2D eigenvalue weighted by Crippen LogP contribution is -2.44. The maximum atomic E-state index is 6.27. The second kappa shape index (κ2) is 12.0. The van der Waals surface area contributed by atoms with Crippen LogP contribution in [0.4, 0.5) is 5.69 Å². The SMILES string of the molecule is CC.Cc1cc(-c2ccnc3nc(-c4ccc(N5CCN(C)CC5)cc4)[nH]c23)ccc1OC1CCOCC1. The van der Waals surface area contributed by atoms with Crippen LogP contribution < -0.4 is 9.64 Å². The summed E-state index contributed by atoms with van der Waals surface area (Å²) in [6.45, 7) is 12.0. The first kappa shape index (κ1) is 26.2. The second-order valence-corrected chi connectivity index (χ2v) is 9.89. The summed E-state index contributed by atoms with van der Waals surface area (Å²) in [6, 6.07) is 17.1. The summed E-state index contributed by atoms with van der Waals surface area (Å²) in [7, 11) is 2.18. The van der Waals surface area contributed by atoms with Crippen molar-refractivity contribution in [3.63, 3.8) is 0 Å². The van der Waals surface area contributed by atoms with Crippen molar-refractivity contribution in [3.8, 4) is 28.3 Å². The number of piperazine rings is 1. The lowest BCUT2D eigenvalue weighted by atomic mass is 10.0. The molecule has 4 aromatic rings. The number of H-pyrrole nitrogens is 1. The molecule has 6 rings (SSSR count). The van der Waals surface area contributed by atoms with Crippen LogP contribution in [-0.4, -0.2) is 72.4 Å². The molecule has 200 valence electrons. The first-order valence-electron chi connectivity index (χ1n) is 13.9. The number of aromatic nitrogens is 3. The molecule has 2 aromatic carbocycles. The molecule has 2 saturated heterocycles. The molecule has 1 N–H and O–H groups in total. The highest BCUT2D eigenvalue weighted by atomic mass is 16.5. The van der Waals surface area contributed by atoms with Crippen molar-refractivity contribution in [1.82, 2.24) is 19.9 Å². The number of aryl methyl sites for hydroxylation is 1. The molecule has 4 heterocycles. The molecule has 2 aromatic heterocycles. The molecular weight excluding hydrogens is 474 g/mol. The van der Waals surface area contributed by atoms with Crippen molar-refractivity contribution < 1.29 is 9.47 Å². The molecule has 2 aliphatic heterocycles. The van der Waals surface area contributed by atoms with Gasteiger partial charge in [-0.1, -0.05) is 19.9 Å². The average molecular weight is 514 g/mol. The van der Waals surface area contributed by atoms with Gasteiger partial charge in [0.25, 0.3) is 0 Å². The Balaban J connectivity index is 0.00000144. The smallest absolute Gasteiger partial charge is 0.178 e. The molecular formula is C31H39N5O2. The fourth-order valence-electron chi connectivity index (χ4n) is 5.11. The third-order valence-electron chi connectivity index (χ3n) is 7.35. The Bertz CT molecular complexity index is 1340. The van der Waals surface area contributed by atoms with E-state index in [0.29, 0.717) is 0 Å². The number of benzene rings is 2. The predicted octanol–water partition coefficient (Wildman–Crippen LogP) is 5.94. The Kier molecular flexibility index (Phi) is 8.25. The van der Waals surface area contributed by atoms with Gasteiger partial charge in [-0.25, -0.2) is 9.97 Å². The largest absolute Gasteiger partial charge is 0.490 e. The fraction of sp³-hybridized carbons (Fsp3) is 0.419. The molecule has 0 unspecified atom stereocenters. The van der Waals surface area contributed by atoms with Crippen molar-refractivity contribution >= 4 is 16.9 Å². The third-order valence-corrected chi connectivity index (χ3v) is 7.35. The van der Waals surface area contributed by atoms with Gasteiger partial charge in [0.2, 0.25) is 0 Å². The molecule has 0 amide bonds. The van der Waals surface area contributed by atoms with Crippen LogP contribution in [0.1, 0.15) is 32.3 Å². The Morgan fingerprint density at radius 1 is 0.921 bits per heavy atom. The highest BCUT2D eigenvalue weighted by molar-refractivity contribution is 5.91. The number of hydrogen-bond donors (Lipinski definition) is 1.